The molecular weight excluding hydrogens is 228 g/mol. The number of carbonyl (C=O) groups excluding carboxylic acids is 1. The normalized spacial score (nSPS) is 20.0. The first-order chi connectivity index (χ1) is 7.24. The minimum absolute atomic E-state index is 0.0958. The SMILES string of the molecule is CCCCN1C(=O)c2ccsc2NC1S. The number of thiophene rings is 1. The molecular formula is C10H14N2OS2. The van der Waals surface area contributed by atoms with Crippen LogP contribution in [-0.2, 0) is 0 Å². The predicted octanol–water partition coefficient (Wildman–Crippen LogP) is 2.63. The van der Waals surface area contributed by atoms with E-state index in [1.807, 2.05) is 11.4 Å². The quantitative estimate of drug-likeness (QED) is 0.799. The third-order valence-electron chi connectivity index (χ3n) is 2.46. The molecule has 15 heavy (non-hydrogen) atoms. The van der Waals surface area contributed by atoms with E-state index in [4.69, 9.17) is 0 Å². The smallest absolute Gasteiger partial charge is 0.259 e. The van der Waals surface area contributed by atoms with Crippen LogP contribution in [0.2, 0.25) is 0 Å². The van der Waals surface area contributed by atoms with E-state index in [-0.39, 0.29) is 11.4 Å². The zero-order chi connectivity index (χ0) is 10.8. The maximum absolute atomic E-state index is 12.0. The van der Waals surface area contributed by atoms with Crippen molar-refractivity contribution in [1.29, 1.82) is 0 Å². The van der Waals surface area contributed by atoms with Crippen molar-refractivity contribution in [3.8, 4) is 0 Å². The number of nitrogens with zero attached hydrogens (tertiary/aromatic N) is 1. The van der Waals surface area contributed by atoms with E-state index >= 15 is 0 Å². The average Bonchev–Trinajstić information content (AvgIpc) is 2.65. The van der Waals surface area contributed by atoms with Crippen molar-refractivity contribution >= 4 is 34.9 Å². The van der Waals surface area contributed by atoms with Gasteiger partial charge in [0.2, 0.25) is 0 Å². The lowest BCUT2D eigenvalue weighted by Crippen LogP contribution is -2.45. The second kappa shape index (κ2) is 4.45. The summed E-state index contributed by atoms with van der Waals surface area (Å²) in [4.78, 5) is 13.8. The van der Waals surface area contributed by atoms with Gasteiger partial charge in [0.25, 0.3) is 5.91 Å². The summed E-state index contributed by atoms with van der Waals surface area (Å²) in [6.45, 7) is 2.89. The van der Waals surface area contributed by atoms with Crippen molar-refractivity contribution in [3.63, 3.8) is 0 Å². The lowest BCUT2D eigenvalue weighted by Gasteiger charge is -2.33. The largest absolute Gasteiger partial charge is 0.348 e. The number of amides is 1. The molecule has 1 aromatic rings. The molecule has 1 atom stereocenters. The Morgan fingerprint density at radius 1 is 1.67 bits per heavy atom. The zero-order valence-corrected chi connectivity index (χ0v) is 10.3. The number of anilines is 1. The van der Waals surface area contributed by atoms with Gasteiger partial charge in [0, 0.05) is 6.54 Å². The highest BCUT2D eigenvalue weighted by molar-refractivity contribution is 7.81. The van der Waals surface area contributed by atoms with Gasteiger partial charge in [-0.1, -0.05) is 13.3 Å². The maximum atomic E-state index is 12.0. The van der Waals surface area contributed by atoms with Crippen LogP contribution in [0.25, 0.3) is 0 Å². The van der Waals surface area contributed by atoms with Crippen molar-refractivity contribution < 1.29 is 4.79 Å². The van der Waals surface area contributed by atoms with Gasteiger partial charge >= 0.3 is 0 Å². The first-order valence-electron chi connectivity index (χ1n) is 5.07. The molecule has 0 aromatic carbocycles. The minimum Gasteiger partial charge on any atom is -0.348 e. The van der Waals surface area contributed by atoms with Gasteiger partial charge in [-0.3, -0.25) is 4.79 Å². The number of thiol groups is 1. The molecule has 5 heteroatoms. The van der Waals surface area contributed by atoms with Gasteiger partial charge in [0.1, 0.15) is 10.5 Å². The van der Waals surface area contributed by atoms with Crippen LogP contribution >= 0.6 is 24.0 Å². The Balaban J connectivity index is 2.18. The van der Waals surface area contributed by atoms with Crippen LogP contribution in [0.1, 0.15) is 30.1 Å². The molecule has 82 valence electrons. The molecule has 1 N–H and O–H groups in total. The summed E-state index contributed by atoms with van der Waals surface area (Å²) in [5, 5.41) is 6.08. The molecule has 1 aliphatic heterocycles. The van der Waals surface area contributed by atoms with Crippen LogP contribution in [0, 0.1) is 0 Å². The fourth-order valence-corrected chi connectivity index (χ4v) is 2.84. The van der Waals surface area contributed by atoms with Crippen LogP contribution in [0.15, 0.2) is 11.4 Å². The van der Waals surface area contributed by atoms with Crippen LogP contribution in [0.3, 0.4) is 0 Å². The number of fused-ring (bicyclic) bond motifs is 1. The zero-order valence-electron chi connectivity index (χ0n) is 8.56. The summed E-state index contributed by atoms with van der Waals surface area (Å²) in [5.41, 5.74) is 0.594. The number of hydrogen-bond donors (Lipinski definition) is 2. The third kappa shape index (κ3) is 1.99. The summed E-state index contributed by atoms with van der Waals surface area (Å²) in [6, 6.07) is 1.87. The molecule has 1 aromatic heterocycles. The molecule has 0 saturated heterocycles. The lowest BCUT2D eigenvalue weighted by atomic mass is 10.2. The number of carbonyl (C=O) groups is 1. The van der Waals surface area contributed by atoms with Crippen molar-refractivity contribution in [2.45, 2.75) is 25.3 Å². The fourth-order valence-electron chi connectivity index (χ4n) is 1.60. The van der Waals surface area contributed by atoms with Crippen LogP contribution < -0.4 is 5.32 Å². The number of nitrogens with one attached hydrogen (secondary N) is 1. The minimum atomic E-state index is -0.185. The molecule has 0 bridgehead atoms. The molecule has 0 fully saturated rings. The van der Waals surface area contributed by atoms with E-state index in [1.165, 1.54) is 0 Å². The molecule has 2 rings (SSSR count). The predicted molar refractivity (Wildman–Crippen MR) is 66.7 cm³/mol. The molecule has 0 aliphatic carbocycles. The van der Waals surface area contributed by atoms with Crippen LogP contribution in [0.4, 0.5) is 5.00 Å². The highest BCUT2D eigenvalue weighted by Crippen LogP contribution is 2.31. The monoisotopic (exact) mass is 242 g/mol. The highest BCUT2D eigenvalue weighted by atomic mass is 32.1. The maximum Gasteiger partial charge on any atom is 0.259 e. The Labute approximate surface area is 98.9 Å². The molecule has 1 amide bonds. The van der Waals surface area contributed by atoms with Crippen molar-refractivity contribution in [2.24, 2.45) is 0 Å². The topological polar surface area (TPSA) is 32.3 Å². The summed E-state index contributed by atoms with van der Waals surface area (Å²) in [5.74, 6) is 0.0958. The Kier molecular flexibility index (Phi) is 3.21. The van der Waals surface area contributed by atoms with Crippen molar-refractivity contribution in [1.82, 2.24) is 4.90 Å². The first kappa shape index (κ1) is 10.8. The van der Waals surface area contributed by atoms with E-state index in [2.05, 4.69) is 24.9 Å². The Hall–Kier alpha value is -0.680. The lowest BCUT2D eigenvalue weighted by molar-refractivity contribution is 0.0740. The Morgan fingerprint density at radius 3 is 3.20 bits per heavy atom. The summed E-state index contributed by atoms with van der Waals surface area (Å²) in [6.07, 6.45) is 2.10. The van der Waals surface area contributed by atoms with Gasteiger partial charge in [-0.05, 0) is 17.9 Å². The van der Waals surface area contributed by atoms with E-state index in [0.29, 0.717) is 0 Å². The number of unbranched alkanes of at least 4 members (excludes halogenated alkanes) is 1. The van der Waals surface area contributed by atoms with Gasteiger partial charge < -0.3 is 10.2 Å². The Bertz CT molecular complexity index is 364. The van der Waals surface area contributed by atoms with E-state index < -0.39 is 0 Å². The van der Waals surface area contributed by atoms with E-state index in [0.717, 1.165) is 30.0 Å². The Morgan fingerprint density at radius 2 is 2.47 bits per heavy atom. The highest BCUT2D eigenvalue weighted by Gasteiger charge is 2.29. The van der Waals surface area contributed by atoms with Crippen molar-refractivity contribution in [3.05, 3.63) is 17.0 Å². The summed E-state index contributed by atoms with van der Waals surface area (Å²) in [7, 11) is 0. The van der Waals surface area contributed by atoms with Crippen LogP contribution in [0.5, 0.6) is 0 Å². The molecule has 0 saturated carbocycles. The van der Waals surface area contributed by atoms with Gasteiger partial charge in [-0.15, -0.1) is 24.0 Å². The van der Waals surface area contributed by atoms with Crippen LogP contribution in [-0.4, -0.2) is 22.8 Å². The molecule has 3 nitrogen and oxygen atoms in total. The second-order valence-electron chi connectivity index (χ2n) is 3.53. The number of hydrogen-bond acceptors (Lipinski definition) is 4. The average molecular weight is 242 g/mol. The molecule has 0 spiro atoms. The standard InChI is InChI=1S/C10H14N2OS2/c1-2-3-5-12-9(13)7-4-6-15-8(7)11-10(12)14/h4,6,10-11,14H,2-3,5H2,1H3. The molecule has 1 aliphatic rings. The van der Waals surface area contributed by atoms with Gasteiger partial charge in [-0.2, -0.15) is 0 Å². The van der Waals surface area contributed by atoms with Gasteiger partial charge in [-0.25, -0.2) is 0 Å². The fraction of sp³-hybridized carbons (Fsp3) is 0.500. The van der Waals surface area contributed by atoms with Crippen molar-refractivity contribution in [2.75, 3.05) is 11.9 Å². The van der Waals surface area contributed by atoms with Gasteiger partial charge in [0.15, 0.2) is 0 Å². The van der Waals surface area contributed by atoms with E-state index in [9.17, 15) is 4.79 Å². The first-order valence-corrected chi connectivity index (χ1v) is 6.46. The molecule has 1 unspecified atom stereocenters. The summed E-state index contributed by atoms with van der Waals surface area (Å²) < 4.78 is 0. The molecule has 0 radical (unpaired) electrons. The van der Waals surface area contributed by atoms with E-state index in [1.54, 1.807) is 16.2 Å². The number of rotatable bonds is 3. The third-order valence-corrected chi connectivity index (χ3v) is 3.72. The molecule has 2 heterocycles. The van der Waals surface area contributed by atoms with Gasteiger partial charge in [0.05, 0.1) is 5.56 Å². The second-order valence-corrected chi connectivity index (χ2v) is 4.94. The summed E-state index contributed by atoms with van der Waals surface area (Å²) >= 11 is 5.94.